The van der Waals surface area contributed by atoms with Crippen molar-refractivity contribution in [2.75, 3.05) is 254 Å². The van der Waals surface area contributed by atoms with Crippen LogP contribution in [0.15, 0.2) is 121 Å². The third kappa shape index (κ3) is 25.3. The molecule has 5 heterocycles. The highest BCUT2D eigenvalue weighted by Gasteiger charge is 2.34. The van der Waals surface area contributed by atoms with Crippen molar-refractivity contribution in [3.8, 4) is 91.5 Å². The average Bonchev–Trinajstić information content (AvgIpc) is 1.59. The topological polar surface area (TPSA) is 146 Å². The molecule has 0 spiro atoms. The number of aromatic nitrogens is 8. The highest BCUT2D eigenvalue weighted by molar-refractivity contribution is 6.07. The van der Waals surface area contributed by atoms with Crippen LogP contribution >= 0.6 is 0 Å². The minimum Gasteiger partial charge on any atom is -0.456 e. The lowest BCUT2D eigenvalue weighted by Crippen LogP contribution is -2.36. The molecule has 8 aromatic carbocycles. The quantitative estimate of drug-likeness (QED) is 0.0391. The van der Waals surface area contributed by atoms with Crippen molar-refractivity contribution in [1.82, 2.24) is 39.9 Å². The fourth-order valence-corrected chi connectivity index (χ4v) is 17.9. The van der Waals surface area contributed by atoms with Gasteiger partial charge in [0.2, 0.25) is 0 Å². The molecule has 2 aliphatic rings. The van der Waals surface area contributed by atoms with Crippen LogP contribution in [0.2, 0.25) is 0 Å². The largest absolute Gasteiger partial charge is 0.456 e. The molecule has 0 saturated heterocycles. The number of aromatic amines is 2. The average molecular weight is 1750 g/mol. The summed E-state index contributed by atoms with van der Waals surface area (Å²) >= 11 is 0. The Bertz CT molecular complexity index is 5700. The lowest BCUT2D eigenvalue weighted by atomic mass is 10.0. The highest BCUT2D eigenvalue weighted by Crippen LogP contribution is 2.46. The summed E-state index contributed by atoms with van der Waals surface area (Å²) in [6.07, 6.45) is 0. The number of H-pyrrole nitrogens is 2. The first-order chi connectivity index (χ1) is 58.7. The van der Waals surface area contributed by atoms with Gasteiger partial charge in [0.1, 0.15) is 147 Å². The predicted molar refractivity (Wildman–Crippen MR) is 523 cm³/mol. The van der Waals surface area contributed by atoms with E-state index < -0.39 is 0 Å². The maximum atomic E-state index is 7.50. The molecule has 2 N–H and O–H groups in total. The van der Waals surface area contributed by atoms with Crippen LogP contribution in [-0.2, 0) is 78.5 Å². The second kappa shape index (κ2) is 34.3. The first kappa shape index (κ1) is 95.4. The van der Waals surface area contributed by atoms with Crippen molar-refractivity contribution < 1.29 is 72.7 Å². The van der Waals surface area contributed by atoms with Gasteiger partial charge in [0, 0.05) is 111 Å². The van der Waals surface area contributed by atoms with Crippen LogP contribution < -0.4 is 18.9 Å². The Kier molecular flexibility index (Phi) is 25.6. The predicted octanol–water partition coefficient (Wildman–Crippen LogP) is 16.5. The minimum atomic E-state index is 0.434. The van der Waals surface area contributed by atoms with Crippen LogP contribution in [0.5, 0.6) is 46.0 Å². The van der Waals surface area contributed by atoms with Gasteiger partial charge in [-0.3, -0.25) is 0 Å². The number of nitrogens with zero attached hydrogens (tertiary/aromatic N) is 18. The van der Waals surface area contributed by atoms with Crippen molar-refractivity contribution in [3.05, 3.63) is 188 Å². The Balaban J connectivity index is 1.11. The van der Waals surface area contributed by atoms with Crippen LogP contribution in [0.1, 0.15) is 66.8 Å². The van der Waals surface area contributed by atoms with Gasteiger partial charge in [0.15, 0.2) is 23.3 Å². The van der Waals surface area contributed by atoms with E-state index in [1.54, 1.807) is 0 Å². The molecule has 0 radical (unpaired) electrons. The number of ether oxygens (including phenoxy) is 4. The van der Waals surface area contributed by atoms with Gasteiger partial charge in [-0.25, -0.2) is 29.9 Å². The normalized spacial score (nSPS) is 13.5. The summed E-state index contributed by atoms with van der Waals surface area (Å²) in [5.74, 6) is 7.78. The van der Waals surface area contributed by atoms with Crippen LogP contribution in [0, 0.1) is 0 Å². The standard InChI is InChI=1S/C104H154N20O4/c1-113(2,3)57-69-45-73(61-117(13,14)15)93(74(46-69)62-118(16,17)18)125-81-37-41-85-89(53-81)101-105-97(85)110-102-91-55-83(127-95-77(65-121(25,26)27)49-71(59-115(7,8)9)50-78(95)66-122(28,29)30)39-43-87(91)99(107-102)112-104-92-56-84(128-96-79(67-123(31,32)33)51-72(60-116(10,11)12)52-80(96)68-124(34,35)36)40-44-88(92)100(108-104)111-103-90-54-82(38-42-86(90)98(106-103)109-101)126-94-75(63-119(19,20)21)47-70(58-114(4,5)6)48-76(94)64-120(22,23)24/h37-56H,57-68H2,1-36H3,(H2,105,106,107,108,109,110,111,112)/q+12. The van der Waals surface area contributed by atoms with Gasteiger partial charge in [-0.05, 0) is 121 Å². The van der Waals surface area contributed by atoms with Crippen molar-refractivity contribution >= 4 is 44.1 Å². The molecule has 24 heteroatoms. The maximum absolute atomic E-state index is 7.50. The molecule has 13 rings (SSSR count). The lowest BCUT2D eigenvalue weighted by molar-refractivity contribution is -0.885. The molecule has 682 valence electrons. The molecule has 0 amide bonds. The Morgan fingerprint density at radius 2 is 0.367 bits per heavy atom. The molecule has 2 aliphatic heterocycles. The summed E-state index contributed by atoms with van der Waals surface area (Å²) in [5, 5.41) is 3.13. The molecule has 24 nitrogen and oxygen atoms in total. The zero-order valence-electron chi connectivity index (χ0n) is 84.7. The monoisotopic (exact) mass is 1750 g/mol. The van der Waals surface area contributed by atoms with Crippen molar-refractivity contribution in [3.63, 3.8) is 0 Å². The van der Waals surface area contributed by atoms with Gasteiger partial charge in [-0.1, -0.05) is 0 Å². The molecule has 3 aromatic heterocycles. The number of benzene rings is 8. The molecule has 0 unspecified atom stereocenters. The zero-order valence-corrected chi connectivity index (χ0v) is 84.7. The number of fused-ring (bicyclic) bond motifs is 20. The van der Waals surface area contributed by atoms with Crippen LogP contribution in [0.3, 0.4) is 0 Å². The fourth-order valence-electron chi connectivity index (χ4n) is 17.9. The number of hydrogen-bond donors (Lipinski definition) is 2. The van der Waals surface area contributed by atoms with E-state index in [-0.39, 0.29) is 0 Å². The highest BCUT2D eigenvalue weighted by atomic mass is 16.5. The van der Waals surface area contributed by atoms with Crippen LogP contribution in [-0.4, -0.2) is 347 Å². The van der Waals surface area contributed by atoms with Crippen molar-refractivity contribution in [2.45, 2.75) is 78.5 Å². The van der Waals surface area contributed by atoms with E-state index >= 15 is 0 Å². The first-order valence-corrected chi connectivity index (χ1v) is 45.0. The SMILES string of the molecule is C[N+](C)(C)Cc1cc(C[N+](C)(C)C)c(Oc2ccc3c(c2)-c2nc-3nc3[nH]c(nc4nc(nc5[nH]c(n2)c2ccc(Oc6c(C[N+](C)(C)C)cc(C[N+](C)(C)C)cc6C[N+](C)(C)C)cc52)-c2ccc(Oc5c(C[N+](C)(C)C)cc(C[N+](C)(C)C)cc5C[N+](C)(C)C)cc2-4)c2ccc(Oc4c(C[N+](C)(C)C)cc(C[N+](C)(C)C)cc4C[N+](C)(C)C)cc32)c(C[N+](C)(C)C)c1. The fraction of sp³-hybridized carbons (Fsp3) is 0.462. The molecule has 8 bridgehead atoms. The Hall–Kier alpha value is -10.2. The molecule has 0 aliphatic carbocycles. The summed E-state index contributed by atoms with van der Waals surface area (Å²) < 4.78 is 38.8. The number of nitrogens with one attached hydrogen (secondary N) is 2. The van der Waals surface area contributed by atoms with E-state index in [1.165, 1.54) is 22.3 Å². The van der Waals surface area contributed by atoms with Gasteiger partial charge in [0.05, 0.1) is 254 Å². The summed E-state index contributed by atoms with van der Waals surface area (Å²) in [7, 11) is 80.9. The zero-order chi connectivity index (χ0) is 93.9. The van der Waals surface area contributed by atoms with Crippen molar-refractivity contribution in [2.24, 2.45) is 0 Å². The van der Waals surface area contributed by atoms with Gasteiger partial charge < -0.3 is 82.7 Å². The van der Waals surface area contributed by atoms with E-state index in [1.807, 2.05) is 0 Å². The second-order valence-corrected chi connectivity index (χ2v) is 49.2. The molecule has 0 saturated carbocycles. The maximum Gasteiger partial charge on any atom is 0.164 e. The van der Waals surface area contributed by atoms with E-state index in [4.69, 9.17) is 48.9 Å². The second-order valence-electron chi connectivity index (χ2n) is 49.2. The number of rotatable bonds is 32. The van der Waals surface area contributed by atoms with Gasteiger partial charge >= 0.3 is 0 Å². The Morgan fingerprint density at radius 1 is 0.188 bits per heavy atom. The van der Waals surface area contributed by atoms with Gasteiger partial charge in [0.25, 0.3) is 0 Å². The first-order valence-electron chi connectivity index (χ1n) is 45.0. The Labute approximate surface area is 764 Å². The molecule has 128 heavy (non-hydrogen) atoms. The Morgan fingerprint density at radius 3 is 0.570 bits per heavy atom. The number of hydrogen-bond acceptors (Lipinski definition) is 10. The summed E-state index contributed by atoms with van der Waals surface area (Å²) in [6.45, 7) is 9.36. The molecule has 11 aromatic rings. The molecule has 0 fully saturated rings. The summed E-state index contributed by atoms with van der Waals surface area (Å²) in [4.78, 5) is 41.8. The lowest BCUT2D eigenvalue weighted by Gasteiger charge is -2.30. The van der Waals surface area contributed by atoms with E-state index in [2.05, 4.69) is 385 Å². The minimum absolute atomic E-state index is 0.434. The third-order valence-electron chi connectivity index (χ3n) is 21.6. The van der Waals surface area contributed by atoms with E-state index in [0.717, 1.165) is 208 Å². The van der Waals surface area contributed by atoms with Crippen LogP contribution in [0.4, 0.5) is 0 Å². The number of quaternary nitrogens is 12. The van der Waals surface area contributed by atoms with E-state index in [0.29, 0.717) is 105 Å². The van der Waals surface area contributed by atoms with Crippen molar-refractivity contribution in [1.29, 1.82) is 0 Å². The molecular formula is C104H154N20O4+12. The van der Waals surface area contributed by atoms with E-state index in [9.17, 15) is 0 Å². The summed E-state index contributed by atoms with van der Waals surface area (Å²) in [6, 6.07) is 43.9. The molecule has 0 atom stereocenters. The summed E-state index contributed by atoms with van der Waals surface area (Å²) in [5.41, 5.74) is 19.3. The third-order valence-corrected chi connectivity index (χ3v) is 21.6. The van der Waals surface area contributed by atoms with Gasteiger partial charge in [-0.2, -0.15) is 0 Å². The van der Waals surface area contributed by atoms with Crippen LogP contribution in [0.25, 0.3) is 89.7 Å². The smallest absolute Gasteiger partial charge is 0.164 e. The van der Waals surface area contributed by atoms with Gasteiger partial charge in [-0.15, -0.1) is 0 Å². The molecular weight excluding hydrogens is 1590 g/mol.